The van der Waals surface area contributed by atoms with Gasteiger partial charge in [0, 0.05) is 55.2 Å². The lowest BCUT2D eigenvalue weighted by molar-refractivity contribution is 0.0445. The van der Waals surface area contributed by atoms with Gasteiger partial charge in [-0.05, 0) is 67.6 Å². The number of aromatic nitrogens is 5. The quantitative estimate of drug-likeness (QED) is 0.454. The summed E-state index contributed by atoms with van der Waals surface area (Å²) < 4.78 is 0. The first-order valence-corrected chi connectivity index (χ1v) is 12.5. The lowest BCUT2D eigenvalue weighted by atomic mass is 9.92. The fourth-order valence-electron chi connectivity index (χ4n) is 5.67. The molecule has 6 rings (SSSR count). The number of benzene rings is 2. The van der Waals surface area contributed by atoms with Crippen LogP contribution in [0.1, 0.15) is 46.1 Å². The highest BCUT2D eigenvalue weighted by Gasteiger charge is 2.36. The van der Waals surface area contributed by atoms with Crippen molar-refractivity contribution in [3.05, 3.63) is 70.5 Å². The summed E-state index contributed by atoms with van der Waals surface area (Å²) in [7, 11) is 0. The average molecular weight is 483 g/mol. The molecule has 1 amide bonds. The number of amides is 1. The van der Waals surface area contributed by atoms with E-state index in [9.17, 15) is 4.79 Å². The fraction of sp³-hybridized carbons (Fsp3) is 0.370. The van der Waals surface area contributed by atoms with Crippen LogP contribution in [0.25, 0.3) is 11.0 Å². The molecule has 4 heterocycles. The van der Waals surface area contributed by atoms with Crippen molar-refractivity contribution in [2.75, 3.05) is 18.4 Å². The second kappa shape index (κ2) is 8.98. The monoisotopic (exact) mass is 482 g/mol. The number of hydrogen-bond donors (Lipinski definition) is 2. The van der Waals surface area contributed by atoms with E-state index in [-0.39, 0.29) is 5.91 Å². The largest absolute Gasteiger partial charge is 0.338 e. The number of piperidine rings is 1. The molecule has 0 saturated carbocycles. The topological polar surface area (TPSA) is 103 Å². The summed E-state index contributed by atoms with van der Waals surface area (Å²) in [6.07, 6.45) is 2.89. The first kappa shape index (κ1) is 22.6. The molecule has 1 saturated heterocycles. The van der Waals surface area contributed by atoms with Crippen LogP contribution in [-0.4, -0.2) is 60.2 Å². The molecule has 2 aliphatic rings. The number of hydrogen-bond acceptors (Lipinski definition) is 7. The number of fused-ring (bicyclic) bond motifs is 2. The van der Waals surface area contributed by atoms with E-state index < -0.39 is 0 Å². The number of carbonyl (C=O) groups excluding carboxylic acids is 1. The molecular formula is C27H30N8O. The maximum Gasteiger partial charge on any atom is 0.253 e. The zero-order valence-electron chi connectivity index (χ0n) is 20.8. The molecule has 2 atom stereocenters. The van der Waals surface area contributed by atoms with Crippen LogP contribution in [0.4, 0.5) is 11.6 Å². The van der Waals surface area contributed by atoms with Gasteiger partial charge < -0.3 is 10.2 Å². The molecule has 0 radical (unpaired) electrons. The second-order valence-corrected chi connectivity index (χ2v) is 10.2. The molecule has 9 nitrogen and oxygen atoms in total. The molecule has 0 bridgehead atoms. The highest BCUT2D eigenvalue weighted by Crippen LogP contribution is 2.31. The van der Waals surface area contributed by atoms with E-state index in [1.54, 1.807) is 0 Å². The molecule has 4 aromatic rings. The van der Waals surface area contributed by atoms with Gasteiger partial charge in [-0.3, -0.25) is 14.8 Å². The van der Waals surface area contributed by atoms with Gasteiger partial charge in [0.15, 0.2) is 0 Å². The van der Waals surface area contributed by atoms with Crippen molar-refractivity contribution in [3.8, 4) is 0 Å². The molecular weight excluding hydrogens is 452 g/mol. The molecule has 0 spiro atoms. The average Bonchev–Trinajstić information content (AvgIpc) is 3.49. The Morgan fingerprint density at radius 3 is 2.75 bits per heavy atom. The van der Waals surface area contributed by atoms with Gasteiger partial charge in [-0.2, -0.15) is 0 Å². The number of rotatable bonds is 4. The van der Waals surface area contributed by atoms with Crippen molar-refractivity contribution >= 4 is 28.6 Å². The maximum absolute atomic E-state index is 13.2. The Kier molecular flexibility index (Phi) is 5.64. The zero-order chi connectivity index (χ0) is 24.8. The van der Waals surface area contributed by atoms with Crippen LogP contribution in [0.2, 0.25) is 0 Å². The SMILES string of the molecule is Cc1cc(C)cc(Nc2ncc3c(n2)CN([C@@H]2CCN(C(=O)c4ccc5[nH]nnc5c4)C[C@H]2C)C3)c1. The number of carbonyl (C=O) groups is 1. The second-order valence-electron chi connectivity index (χ2n) is 10.2. The van der Waals surface area contributed by atoms with Crippen LogP contribution in [0.3, 0.4) is 0 Å². The first-order valence-electron chi connectivity index (χ1n) is 12.5. The minimum atomic E-state index is 0.0582. The van der Waals surface area contributed by atoms with Crippen LogP contribution in [0, 0.1) is 19.8 Å². The molecule has 184 valence electrons. The number of aromatic amines is 1. The maximum atomic E-state index is 13.2. The summed E-state index contributed by atoms with van der Waals surface area (Å²) in [5.74, 6) is 1.05. The highest BCUT2D eigenvalue weighted by molar-refractivity contribution is 5.97. The van der Waals surface area contributed by atoms with Crippen molar-refractivity contribution in [3.63, 3.8) is 0 Å². The molecule has 2 aromatic heterocycles. The molecule has 9 heteroatoms. The minimum absolute atomic E-state index is 0.0582. The summed E-state index contributed by atoms with van der Waals surface area (Å²) in [5.41, 5.74) is 7.92. The van der Waals surface area contributed by atoms with Gasteiger partial charge >= 0.3 is 0 Å². The Morgan fingerprint density at radius 2 is 1.94 bits per heavy atom. The van der Waals surface area contributed by atoms with Gasteiger partial charge in [0.25, 0.3) is 5.91 Å². The predicted molar refractivity (Wildman–Crippen MR) is 138 cm³/mol. The van der Waals surface area contributed by atoms with E-state index in [0.29, 0.717) is 29.0 Å². The van der Waals surface area contributed by atoms with Gasteiger partial charge in [0.05, 0.1) is 11.2 Å². The predicted octanol–water partition coefficient (Wildman–Crippen LogP) is 3.97. The Morgan fingerprint density at radius 1 is 1.11 bits per heavy atom. The summed E-state index contributed by atoms with van der Waals surface area (Å²) in [6, 6.07) is 12.3. The summed E-state index contributed by atoms with van der Waals surface area (Å²) in [6.45, 7) is 9.56. The van der Waals surface area contributed by atoms with Gasteiger partial charge in [0.1, 0.15) is 5.52 Å². The van der Waals surface area contributed by atoms with E-state index in [1.807, 2.05) is 29.3 Å². The van der Waals surface area contributed by atoms with Crippen molar-refractivity contribution in [1.82, 2.24) is 35.2 Å². The van der Waals surface area contributed by atoms with Gasteiger partial charge in [0.2, 0.25) is 5.95 Å². The van der Waals surface area contributed by atoms with E-state index in [1.165, 1.54) is 16.7 Å². The van der Waals surface area contributed by atoms with Gasteiger partial charge in [-0.25, -0.2) is 9.97 Å². The number of anilines is 2. The summed E-state index contributed by atoms with van der Waals surface area (Å²) in [5, 5.41) is 14.1. The molecule has 36 heavy (non-hydrogen) atoms. The van der Waals surface area contributed by atoms with E-state index in [0.717, 1.165) is 49.5 Å². The number of likely N-dealkylation sites (tertiary alicyclic amines) is 1. The van der Waals surface area contributed by atoms with Crippen LogP contribution >= 0.6 is 0 Å². The molecule has 2 aliphatic heterocycles. The Hall–Kier alpha value is -3.85. The number of nitrogens with zero attached hydrogens (tertiary/aromatic N) is 6. The highest BCUT2D eigenvalue weighted by atomic mass is 16.2. The lowest BCUT2D eigenvalue weighted by Crippen LogP contribution is -2.50. The van der Waals surface area contributed by atoms with Crippen molar-refractivity contribution < 1.29 is 4.79 Å². The molecule has 0 unspecified atom stereocenters. The van der Waals surface area contributed by atoms with Crippen LogP contribution in [-0.2, 0) is 13.1 Å². The summed E-state index contributed by atoms with van der Waals surface area (Å²) in [4.78, 5) is 27.1. The van der Waals surface area contributed by atoms with E-state index in [2.05, 4.69) is 69.6 Å². The Balaban J connectivity index is 1.11. The van der Waals surface area contributed by atoms with Crippen molar-refractivity contribution in [2.24, 2.45) is 5.92 Å². The van der Waals surface area contributed by atoms with Gasteiger partial charge in [-0.15, -0.1) is 5.10 Å². The van der Waals surface area contributed by atoms with E-state index >= 15 is 0 Å². The normalized spacial score (nSPS) is 20.0. The van der Waals surface area contributed by atoms with Crippen molar-refractivity contribution in [2.45, 2.75) is 46.3 Å². The standard InChI is InChI=1S/C27H30N8O/c1-16-8-17(2)10-21(9-16)29-27-28-12-20-14-35(15-24(20)30-27)25-6-7-34(13-18(25)3)26(36)19-4-5-22-23(11-19)32-33-31-22/h4-5,8-12,18,25H,6-7,13-15H2,1-3H3,(H,28,29,30)(H,31,32,33)/t18-,25-/m1/s1. The van der Waals surface area contributed by atoms with E-state index in [4.69, 9.17) is 4.98 Å². The van der Waals surface area contributed by atoms with Crippen LogP contribution < -0.4 is 5.32 Å². The minimum Gasteiger partial charge on any atom is -0.338 e. The third-order valence-corrected chi connectivity index (χ3v) is 7.35. The first-order chi connectivity index (χ1) is 17.4. The Labute approximate surface area is 209 Å². The number of H-pyrrole nitrogens is 1. The fourth-order valence-corrected chi connectivity index (χ4v) is 5.67. The van der Waals surface area contributed by atoms with Crippen molar-refractivity contribution in [1.29, 1.82) is 0 Å². The number of aryl methyl sites for hydroxylation is 2. The van der Waals surface area contributed by atoms with Gasteiger partial charge in [-0.1, -0.05) is 18.2 Å². The lowest BCUT2D eigenvalue weighted by Gasteiger charge is -2.41. The molecule has 2 N–H and O–H groups in total. The summed E-state index contributed by atoms with van der Waals surface area (Å²) >= 11 is 0. The van der Waals surface area contributed by atoms with Crippen LogP contribution in [0.5, 0.6) is 0 Å². The third-order valence-electron chi connectivity index (χ3n) is 7.35. The Bertz CT molecular complexity index is 1430. The molecule has 1 fully saturated rings. The molecule has 0 aliphatic carbocycles. The zero-order valence-corrected chi connectivity index (χ0v) is 20.8. The third kappa shape index (κ3) is 4.30. The van der Waals surface area contributed by atoms with Crippen LogP contribution in [0.15, 0.2) is 42.6 Å². The molecule has 2 aromatic carbocycles. The number of nitrogens with one attached hydrogen (secondary N) is 2. The smallest absolute Gasteiger partial charge is 0.253 e.